The topological polar surface area (TPSA) is 41.6 Å². The van der Waals surface area contributed by atoms with E-state index in [1.807, 2.05) is 17.0 Å². The Hall–Kier alpha value is -1.55. The summed E-state index contributed by atoms with van der Waals surface area (Å²) in [6.07, 6.45) is 1.79. The summed E-state index contributed by atoms with van der Waals surface area (Å²) in [4.78, 5) is 15.0. The highest BCUT2D eigenvalue weighted by molar-refractivity contribution is 5.82. The zero-order valence-electron chi connectivity index (χ0n) is 12.8. The van der Waals surface area contributed by atoms with Crippen molar-refractivity contribution in [2.24, 2.45) is 5.92 Å². The molecule has 3 unspecified atom stereocenters. The molecule has 0 aromatic heterocycles. The van der Waals surface area contributed by atoms with Crippen LogP contribution in [0.3, 0.4) is 0 Å². The minimum atomic E-state index is 0.0204. The van der Waals surface area contributed by atoms with Gasteiger partial charge in [-0.05, 0) is 31.4 Å². The molecule has 0 saturated carbocycles. The third-order valence-electron chi connectivity index (χ3n) is 4.74. The second-order valence-corrected chi connectivity index (χ2v) is 6.07. The summed E-state index contributed by atoms with van der Waals surface area (Å²) in [5.41, 5.74) is 2.42. The largest absolute Gasteiger partial charge is 0.382 e. The summed E-state index contributed by atoms with van der Waals surface area (Å²) in [5.74, 6) is 0.298. The van der Waals surface area contributed by atoms with E-state index < -0.39 is 0 Å². The van der Waals surface area contributed by atoms with Crippen LogP contribution < -0.4 is 5.32 Å². The van der Waals surface area contributed by atoms with Crippen molar-refractivity contribution in [1.82, 2.24) is 4.90 Å². The number of fused-ring (bicyclic) bond motifs is 1. The number of para-hydroxylation sites is 1. The first-order valence-corrected chi connectivity index (χ1v) is 7.93. The number of rotatable bonds is 2. The van der Waals surface area contributed by atoms with E-state index in [2.05, 4.69) is 31.3 Å². The molecule has 0 radical (unpaired) electrons. The Balaban J connectivity index is 1.78. The molecule has 0 spiro atoms. The molecule has 1 saturated heterocycles. The minimum absolute atomic E-state index is 0.0204. The van der Waals surface area contributed by atoms with Gasteiger partial charge in [-0.25, -0.2) is 0 Å². The van der Waals surface area contributed by atoms with Crippen LogP contribution in [0.1, 0.15) is 25.8 Å². The molecule has 1 aromatic rings. The fraction of sp³-hybridized carbons (Fsp3) is 0.588. The number of amides is 1. The zero-order chi connectivity index (χ0) is 14.8. The molecule has 1 fully saturated rings. The van der Waals surface area contributed by atoms with Crippen molar-refractivity contribution < 1.29 is 9.53 Å². The second kappa shape index (κ2) is 6.06. The number of hydrogen-bond acceptors (Lipinski definition) is 3. The SMILES string of the molecule is CCC1COCCN1C(=O)C1Cc2ccccc2NC1C. The van der Waals surface area contributed by atoms with Crippen molar-refractivity contribution in [1.29, 1.82) is 0 Å². The molecule has 4 nitrogen and oxygen atoms in total. The number of ether oxygens (including phenoxy) is 1. The van der Waals surface area contributed by atoms with Crippen LogP contribution in [0.25, 0.3) is 0 Å². The molecule has 4 heteroatoms. The van der Waals surface area contributed by atoms with Crippen LogP contribution in [-0.4, -0.2) is 42.6 Å². The lowest BCUT2D eigenvalue weighted by molar-refractivity contribution is -0.144. The number of nitrogens with zero attached hydrogens (tertiary/aromatic N) is 1. The molecule has 0 aliphatic carbocycles. The van der Waals surface area contributed by atoms with E-state index in [-0.39, 0.29) is 23.9 Å². The zero-order valence-corrected chi connectivity index (χ0v) is 12.8. The molecule has 0 bridgehead atoms. The molecule has 3 atom stereocenters. The molecule has 3 rings (SSSR count). The number of carbonyl (C=O) groups is 1. The van der Waals surface area contributed by atoms with E-state index in [9.17, 15) is 4.79 Å². The molecule has 2 aliphatic rings. The highest BCUT2D eigenvalue weighted by Gasteiger charge is 2.36. The van der Waals surface area contributed by atoms with E-state index in [4.69, 9.17) is 4.74 Å². The van der Waals surface area contributed by atoms with Gasteiger partial charge in [0, 0.05) is 18.3 Å². The lowest BCUT2D eigenvalue weighted by atomic mass is 9.86. The molecular formula is C17H24N2O2. The van der Waals surface area contributed by atoms with E-state index in [0.717, 1.165) is 19.4 Å². The van der Waals surface area contributed by atoms with Crippen molar-refractivity contribution >= 4 is 11.6 Å². The third kappa shape index (κ3) is 2.77. The van der Waals surface area contributed by atoms with Gasteiger partial charge in [0.2, 0.25) is 5.91 Å². The Morgan fingerprint density at radius 2 is 2.24 bits per heavy atom. The Morgan fingerprint density at radius 3 is 3.05 bits per heavy atom. The predicted molar refractivity (Wildman–Crippen MR) is 83.3 cm³/mol. The van der Waals surface area contributed by atoms with Crippen molar-refractivity contribution in [3.05, 3.63) is 29.8 Å². The minimum Gasteiger partial charge on any atom is -0.382 e. The first-order chi connectivity index (χ1) is 10.2. The van der Waals surface area contributed by atoms with Gasteiger partial charge < -0.3 is 15.0 Å². The van der Waals surface area contributed by atoms with Gasteiger partial charge in [-0.15, -0.1) is 0 Å². The smallest absolute Gasteiger partial charge is 0.228 e. The number of carbonyl (C=O) groups excluding carboxylic acids is 1. The summed E-state index contributed by atoms with van der Waals surface area (Å²) in [6, 6.07) is 8.70. The highest BCUT2D eigenvalue weighted by Crippen LogP contribution is 2.30. The summed E-state index contributed by atoms with van der Waals surface area (Å²) in [7, 11) is 0. The molecule has 21 heavy (non-hydrogen) atoms. The van der Waals surface area contributed by atoms with Crippen LogP contribution in [0.4, 0.5) is 5.69 Å². The summed E-state index contributed by atoms with van der Waals surface area (Å²) in [6.45, 7) is 6.29. The van der Waals surface area contributed by atoms with E-state index >= 15 is 0 Å². The van der Waals surface area contributed by atoms with Gasteiger partial charge in [-0.3, -0.25) is 4.79 Å². The van der Waals surface area contributed by atoms with E-state index in [1.165, 1.54) is 11.3 Å². The third-order valence-corrected chi connectivity index (χ3v) is 4.74. The lowest BCUT2D eigenvalue weighted by Gasteiger charge is -2.40. The molecule has 1 N–H and O–H groups in total. The first kappa shape index (κ1) is 14.4. The van der Waals surface area contributed by atoms with Crippen LogP contribution in [-0.2, 0) is 16.0 Å². The quantitative estimate of drug-likeness (QED) is 0.908. The number of hydrogen-bond donors (Lipinski definition) is 1. The van der Waals surface area contributed by atoms with Crippen LogP contribution in [0.5, 0.6) is 0 Å². The summed E-state index contributed by atoms with van der Waals surface area (Å²) in [5, 5.41) is 3.48. The van der Waals surface area contributed by atoms with Crippen LogP contribution in [0.15, 0.2) is 24.3 Å². The lowest BCUT2D eigenvalue weighted by Crippen LogP contribution is -2.53. The van der Waals surface area contributed by atoms with Gasteiger partial charge in [0.05, 0.1) is 25.2 Å². The van der Waals surface area contributed by atoms with Gasteiger partial charge in [-0.1, -0.05) is 25.1 Å². The monoisotopic (exact) mass is 288 g/mol. The van der Waals surface area contributed by atoms with Gasteiger partial charge in [0.1, 0.15) is 0 Å². The maximum absolute atomic E-state index is 13.0. The molecular weight excluding hydrogens is 264 g/mol. The first-order valence-electron chi connectivity index (χ1n) is 7.93. The highest BCUT2D eigenvalue weighted by atomic mass is 16.5. The van der Waals surface area contributed by atoms with Crippen LogP contribution in [0.2, 0.25) is 0 Å². The van der Waals surface area contributed by atoms with Crippen molar-refractivity contribution in [2.75, 3.05) is 25.1 Å². The fourth-order valence-corrected chi connectivity index (χ4v) is 3.40. The summed E-state index contributed by atoms with van der Waals surface area (Å²) >= 11 is 0. The maximum atomic E-state index is 13.0. The number of anilines is 1. The van der Waals surface area contributed by atoms with Crippen LogP contribution >= 0.6 is 0 Å². The normalized spacial score (nSPS) is 28.7. The predicted octanol–water partition coefficient (Wildman–Crippen LogP) is 2.30. The van der Waals surface area contributed by atoms with Gasteiger partial charge in [0.25, 0.3) is 0 Å². The average molecular weight is 288 g/mol. The molecule has 1 aromatic carbocycles. The van der Waals surface area contributed by atoms with Crippen molar-refractivity contribution in [2.45, 2.75) is 38.8 Å². The van der Waals surface area contributed by atoms with Crippen molar-refractivity contribution in [3.63, 3.8) is 0 Å². The van der Waals surface area contributed by atoms with Gasteiger partial charge >= 0.3 is 0 Å². The van der Waals surface area contributed by atoms with Crippen molar-refractivity contribution in [3.8, 4) is 0 Å². The molecule has 2 aliphatic heterocycles. The summed E-state index contributed by atoms with van der Waals surface area (Å²) < 4.78 is 5.51. The van der Waals surface area contributed by atoms with Crippen LogP contribution in [0, 0.1) is 5.92 Å². The number of benzene rings is 1. The standard InChI is InChI=1S/C17H24N2O2/c1-3-14-11-21-9-8-19(14)17(20)15-10-13-6-4-5-7-16(13)18-12(15)2/h4-7,12,14-15,18H,3,8-11H2,1-2H3. The Bertz CT molecular complexity index is 517. The fourth-order valence-electron chi connectivity index (χ4n) is 3.40. The average Bonchev–Trinajstić information content (AvgIpc) is 2.53. The molecule has 114 valence electrons. The Kier molecular flexibility index (Phi) is 4.15. The Labute approximate surface area is 126 Å². The number of nitrogens with one attached hydrogen (secondary N) is 1. The molecule has 2 heterocycles. The second-order valence-electron chi connectivity index (χ2n) is 6.07. The Morgan fingerprint density at radius 1 is 1.43 bits per heavy atom. The van der Waals surface area contributed by atoms with E-state index in [0.29, 0.717) is 13.2 Å². The van der Waals surface area contributed by atoms with Gasteiger partial charge in [0.15, 0.2) is 0 Å². The maximum Gasteiger partial charge on any atom is 0.228 e. The van der Waals surface area contributed by atoms with E-state index in [1.54, 1.807) is 0 Å². The van der Waals surface area contributed by atoms with Gasteiger partial charge in [-0.2, -0.15) is 0 Å². The molecule has 1 amide bonds. The number of morpholine rings is 1.